The first-order chi connectivity index (χ1) is 16.6. The van der Waals surface area contributed by atoms with Gasteiger partial charge in [-0.1, -0.05) is 68.3 Å². The van der Waals surface area contributed by atoms with Crippen molar-refractivity contribution in [3.05, 3.63) is 60.2 Å². The lowest BCUT2D eigenvalue weighted by Gasteiger charge is -2.38. The van der Waals surface area contributed by atoms with Crippen LogP contribution in [0.4, 0.5) is 0 Å². The molecule has 0 amide bonds. The number of carbonyl (C=O) groups excluding carboxylic acids is 2. The van der Waals surface area contributed by atoms with Crippen LogP contribution in [0.15, 0.2) is 54.6 Å². The van der Waals surface area contributed by atoms with Crippen molar-refractivity contribution in [2.45, 2.75) is 83.7 Å². The van der Waals surface area contributed by atoms with E-state index in [1.165, 1.54) is 12.7 Å². The molecule has 1 aromatic carbocycles. The lowest BCUT2D eigenvalue weighted by atomic mass is 9.70. The maximum Gasteiger partial charge on any atom is 0.305 e. The van der Waals surface area contributed by atoms with E-state index >= 15 is 0 Å². The van der Waals surface area contributed by atoms with Crippen molar-refractivity contribution in [1.29, 1.82) is 0 Å². The van der Waals surface area contributed by atoms with Crippen molar-refractivity contribution in [1.82, 2.24) is 0 Å². The van der Waals surface area contributed by atoms with Crippen molar-refractivity contribution in [3.8, 4) is 0 Å². The number of aryl methyl sites for hydroxylation is 1. The predicted octanol–water partition coefficient (Wildman–Crippen LogP) is 6.64. The zero-order valence-electron chi connectivity index (χ0n) is 21.0. The second kappa shape index (κ2) is 13.6. The van der Waals surface area contributed by atoms with E-state index in [1.54, 1.807) is 0 Å². The standard InChI is InChI=1S/C30H42O4/c1-3-4-8-15-25(31)18-19-26-27(16-11-5-6-12-17-29(32)33-2)30(22-28(26)34-23-30)21-20-24-13-9-7-10-14-24/h5,7,9-11,13-14,18-19,26-28H,3-4,6,8,12,15-17,20-23H2,1-2H3/b11-5-,19-18+/t26-,27-,28-,30-/m1/s1. The maximum atomic E-state index is 12.4. The van der Waals surface area contributed by atoms with Crippen molar-refractivity contribution in [3.63, 3.8) is 0 Å². The van der Waals surface area contributed by atoms with Crippen molar-refractivity contribution < 1.29 is 19.1 Å². The topological polar surface area (TPSA) is 52.6 Å². The molecule has 0 unspecified atom stereocenters. The smallest absolute Gasteiger partial charge is 0.305 e. The molecule has 2 bridgehead atoms. The van der Waals surface area contributed by atoms with Gasteiger partial charge < -0.3 is 9.47 Å². The fourth-order valence-corrected chi connectivity index (χ4v) is 5.71. The summed E-state index contributed by atoms with van der Waals surface area (Å²) in [4.78, 5) is 23.7. The van der Waals surface area contributed by atoms with Crippen LogP contribution in [0.5, 0.6) is 0 Å². The Balaban J connectivity index is 1.65. The quantitative estimate of drug-likeness (QED) is 0.126. The number of hydrogen-bond donors (Lipinski definition) is 0. The molecule has 2 aliphatic rings. The van der Waals surface area contributed by atoms with Gasteiger partial charge >= 0.3 is 5.97 Å². The number of fused-ring (bicyclic) bond motifs is 2. The van der Waals surface area contributed by atoms with Crippen LogP contribution in [-0.2, 0) is 25.5 Å². The second-order valence-electron chi connectivity index (χ2n) is 10.0. The molecule has 3 rings (SSSR count). The van der Waals surface area contributed by atoms with E-state index in [0.29, 0.717) is 24.7 Å². The molecule has 0 aromatic heterocycles. The van der Waals surface area contributed by atoms with Crippen LogP contribution in [0.25, 0.3) is 0 Å². The van der Waals surface area contributed by atoms with Crippen LogP contribution in [0, 0.1) is 17.3 Å². The number of methoxy groups -OCH3 is 1. The van der Waals surface area contributed by atoms with Crippen LogP contribution in [0.1, 0.15) is 76.7 Å². The van der Waals surface area contributed by atoms with E-state index in [1.807, 2.05) is 6.08 Å². The van der Waals surface area contributed by atoms with Gasteiger partial charge in [0.15, 0.2) is 5.78 Å². The first kappa shape index (κ1) is 26.4. The highest BCUT2D eigenvalue weighted by atomic mass is 16.5. The highest BCUT2D eigenvalue weighted by Gasteiger charge is 2.56. The Bertz CT molecular complexity index is 827. The van der Waals surface area contributed by atoms with Gasteiger partial charge in [0.05, 0.1) is 19.8 Å². The van der Waals surface area contributed by atoms with Gasteiger partial charge in [0.2, 0.25) is 0 Å². The van der Waals surface area contributed by atoms with Gasteiger partial charge in [-0.2, -0.15) is 0 Å². The number of ketones is 1. The number of hydrogen-bond acceptors (Lipinski definition) is 4. The molecular weight excluding hydrogens is 424 g/mol. The van der Waals surface area contributed by atoms with Crippen LogP contribution in [0.2, 0.25) is 0 Å². The Morgan fingerprint density at radius 3 is 2.71 bits per heavy atom. The third-order valence-electron chi connectivity index (χ3n) is 7.69. The number of rotatable bonds is 15. The highest BCUT2D eigenvalue weighted by molar-refractivity contribution is 5.89. The summed E-state index contributed by atoms with van der Waals surface area (Å²) < 4.78 is 11.0. The molecule has 1 aliphatic carbocycles. The average Bonchev–Trinajstić information content (AvgIpc) is 3.41. The fraction of sp³-hybridized carbons (Fsp3) is 0.600. The molecule has 1 aliphatic heterocycles. The van der Waals surface area contributed by atoms with Gasteiger partial charge in [-0.05, 0) is 62.5 Å². The van der Waals surface area contributed by atoms with Crippen molar-refractivity contribution in [2.75, 3.05) is 13.7 Å². The van der Waals surface area contributed by atoms with Crippen LogP contribution in [0.3, 0.4) is 0 Å². The van der Waals surface area contributed by atoms with Crippen molar-refractivity contribution in [2.24, 2.45) is 17.3 Å². The lowest BCUT2D eigenvalue weighted by molar-refractivity contribution is -0.140. The number of carbonyl (C=O) groups is 2. The number of benzene rings is 1. The lowest BCUT2D eigenvalue weighted by Crippen LogP contribution is -2.36. The number of allylic oxidation sites excluding steroid dienone is 3. The van der Waals surface area contributed by atoms with Crippen LogP contribution >= 0.6 is 0 Å². The molecule has 34 heavy (non-hydrogen) atoms. The molecule has 1 saturated carbocycles. The Hall–Kier alpha value is -2.20. The van der Waals surface area contributed by atoms with E-state index in [9.17, 15) is 9.59 Å². The van der Waals surface area contributed by atoms with E-state index < -0.39 is 0 Å². The minimum absolute atomic E-state index is 0.146. The van der Waals surface area contributed by atoms with E-state index in [2.05, 4.69) is 55.5 Å². The van der Waals surface area contributed by atoms with Gasteiger partial charge in [-0.15, -0.1) is 0 Å². The summed E-state index contributed by atoms with van der Waals surface area (Å²) in [6, 6.07) is 10.7. The van der Waals surface area contributed by atoms with Crippen LogP contribution < -0.4 is 0 Å². The summed E-state index contributed by atoms with van der Waals surface area (Å²) in [6.45, 7) is 2.98. The largest absolute Gasteiger partial charge is 0.469 e. The Labute approximate surface area is 205 Å². The Morgan fingerprint density at radius 1 is 1.12 bits per heavy atom. The maximum absolute atomic E-state index is 12.4. The predicted molar refractivity (Wildman–Crippen MR) is 136 cm³/mol. The van der Waals surface area contributed by atoms with Crippen LogP contribution in [-0.4, -0.2) is 31.6 Å². The summed E-state index contributed by atoms with van der Waals surface area (Å²) in [6.07, 6.45) is 19.0. The molecule has 4 nitrogen and oxygen atoms in total. The second-order valence-corrected chi connectivity index (χ2v) is 10.0. The van der Waals surface area contributed by atoms with E-state index in [4.69, 9.17) is 9.47 Å². The van der Waals surface area contributed by atoms with E-state index in [-0.39, 0.29) is 23.3 Å². The first-order valence-electron chi connectivity index (χ1n) is 13.2. The summed E-state index contributed by atoms with van der Waals surface area (Å²) >= 11 is 0. The molecule has 2 fully saturated rings. The third kappa shape index (κ3) is 7.40. The normalized spacial score (nSPS) is 26.0. The molecule has 1 aromatic rings. The summed E-state index contributed by atoms with van der Waals surface area (Å²) in [7, 11) is 1.44. The average molecular weight is 467 g/mol. The molecule has 0 N–H and O–H groups in total. The first-order valence-corrected chi connectivity index (χ1v) is 13.2. The molecule has 186 valence electrons. The molecule has 0 radical (unpaired) electrons. The Kier molecular flexibility index (Phi) is 10.6. The monoisotopic (exact) mass is 466 g/mol. The third-order valence-corrected chi connectivity index (χ3v) is 7.69. The molecular formula is C30H42O4. The van der Waals surface area contributed by atoms with Gasteiger partial charge in [0, 0.05) is 24.2 Å². The number of ether oxygens (including phenoxy) is 2. The van der Waals surface area contributed by atoms with Gasteiger partial charge in [0.1, 0.15) is 0 Å². The van der Waals surface area contributed by atoms with Gasteiger partial charge in [0.25, 0.3) is 0 Å². The number of esters is 1. The molecule has 0 spiro atoms. The SMILES string of the molecule is CCCCCC(=O)/C=C/[C@@H]1[C@@H](C/C=C\CCCC(=O)OC)[C@@]2(CCc3ccccc3)CO[C@@H]1C2. The van der Waals surface area contributed by atoms with Gasteiger partial charge in [-0.3, -0.25) is 9.59 Å². The van der Waals surface area contributed by atoms with Crippen molar-refractivity contribution >= 4 is 11.8 Å². The minimum Gasteiger partial charge on any atom is -0.469 e. The molecule has 4 atom stereocenters. The summed E-state index contributed by atoms with van der Waals surface area (Å²) in [5.41, 5.74) is 1.54. The van der Waals surface area contributed by atoms with Gasteiger partial charge in [-0.25, -0.2) is 0 Å². The number of unbranched alkanes of at least 4 members (excludes halogenated alkanes) is 3. The highest BCUT2D eigenvalue weighted by Crippen LogP contribution is 2.58. The summed E-state index contributed by atoms with van der Waals surface area (Å²) in [5, 5.41) is 0. The fourth-order valence-electron chi connectivity index (χ4n) is 5.71. The zero-order chi connectivity index (χ0) is 24.2. The van der Waals surface area contributed by atoms with E-state index in [0.717, 1.165) is 64.4 Å². The molecule has 4 heteroatoms. The zero-order valence-corrected chi connectivity index (χ0v) is 21.0. The minimum atomic E-state index is -0.146. The molecule has 1 saturated heterocycles. The Morgan fingerprint density at radius 2 is 1.94 bits per heavy atom. The molecule has 1 heterocycles. The summed E-state index contributed by atoms with van der Waals surface area (Å²) in [5.74, 6) is 0.866.